The first kappa shape index (κ1) is 60.3. The molecule has 7 N–H and O–H groups in total. The molecule has 0 heterocycles. The number of fused-ring (bicyclic) bond motifs is 3. The number of aliphatic hydroxyl groups is 1. The summed E-state index contributed by atoms with van der Waals surface area (Å²) in [6.07, 6.45) is 0.923. The molecule has 0 saturated carbocycles. The van der Waals surface area contributed by atoms with Gasteiger partial charge < -0.3 is 79.5 Å². The Morgan fingerprint density at radius 1 is 0.603 bits per heavy atom. The number of aryl methyl sites for hydroxylation is 1. The van der Waals surface area contributed by atoms with Crippen molar-refractivity contribution in [3.8, 4) is 11.1 Å². The summed E-state index contributed by atoms with van der Waals surface area (Å²) >= 11 is 0. The van der Waals surface area contributed by atoms with Crippen LogP contribution in [0.15, 0.2) is 66.7 Å². The van der Waals surface area contributed by atoms with Crippen LogP contribution in [0.25, 0.3) is 11.1 Å². The largest absolute Gasteiger partial charge is 0.449 e. The first-order chi connectivity index (χ1) is 35.6. The molecular weight excluding hydrogens is 947 g/mol. The van der Waals surface area contributed by atoms with Gasteiger partial charge in [0.15, 0.2) is 0 Å². The van der Waals surface area contributed by atoms with Gasteiger partial charge in [-0.15, -0.1) is 0 Å². The highest BCUT2D eigenvalue weighted by Gasteiger charge is 2.32. The maximum Gasteiger partial charge on any atom is 0.407 e. The minimum atomic E-state index is -1.04. The third kappa shape index (κ3) is 23.7. The minimum absolute atomic E-state index is 0.0710. The van der Waals surface area contributed by atoms with Crippen LogP contribution in [0.1, 0.15) is 61.3 Å². The third-order valence-corrected chi connectivity index (χ3v) is 11.6. The van der Waals surface area contributed by atoms with Gasteiger partial charge in [-0.25, -0.2) is 9.59 Å². The van der Waals surface area contributed by atoms with Gasteiger partial charge in [-0.1, -0.05) is 68.4 Å². The standard InChI is InChI=1S/C53H79N5O15/c1-39(2)49(58-53(63)73-38-47-45-13-6-4-11-43(45)44-12-5-7-14-46(44)47)51(61)57-48(15-8-18-55-52(54)62)50(60)56-42-17-16-41(37-59)40(36-42)10-9-19-65-22-23-67-26-27-69-30-31-71-34-35-72-33-32-70-29-28-68-25-24-66-21-20-64-3/h4-7,11-14,16-17,36,39,47-49,59H,8-10,15,18-35,37-38H2,1-3H3,(H,56,60)(H,57,61)(H,58,63)(H3,54,55,62). The van der Waals surface area contributed by atoms with E-state index in [9.17, 15) is 24.3 Å². The summed E-state index contributed by atoms with van der Waals surface area (Å²) in [5, 5.41) is 21.0. The van der Waals surface area contributed by atoms with Gasteiger partial charge in [0.25, 0.3) is 0 Å². The average molecular weight is 1030 g/mol. The van der Waals surface area contributed by atoms with Gasteiger partial charge in [0, 0.05) is 31.9 Å². The molecule has 3 aromatic carbocycles. The molecule has 20 nitrogen and oxygen atoms in total. The number of rotatable bonds is 41. The summed E-state index contributed by atoms with van der Waals surface area (Å²) in [5.41, 5.74) is 11.6. The van der Waals surface area contributed by atoms with Crippen molar-refractivity contribution in [2.75, 3.05) is 138 Å². The fourth-order valence-electron chi connectivity index (χ4n) is 7.82. The van der Waals surface area contributed by atoms with Crippen molar-refractivity contribution in [3.63, 3.8) is 0 Å². The topological polar surface area (TPSA) is 255 Å². The molecule has 0 bridgehead atoms. The van der Waals surface area contributed by atoms with Gasteiger partial charge in [-0.2, -0.15) is 0 Å². The first-order valence-corrected chi connectivity index (χ1v) is 25.2. The van der Waals surface area contributed by atoms with Crippen molar-refractivity contribution in [2.24, 2.45) is 11.7 Å². The number of hydrogen-bond acceptors (Lipinski definition) is 15. The fourth-order valence-corrected chi connectivity index (χ4v) is 7.82. The molecule has 3 aromatic rings. The number of nitrogens with one attached hydrogen (secondary N) is 4. The number of anilines is 1. The Hall–Kier alpha value is -5.26. The van der Waals surface area contributed by atoms with Crippen LogP contribution in [0, 0.1) is 5.92 Å². The average Bonchev–Trinajstić information content (AvgIpc) is 3.71. The van der Waals surface area contributed by atoms with E-state index in [-0.39, 0.29) is 38.0 Å². The molecule has 0 saturated heterocycles. The van der Waals surface area contributed by atoms with Gasteiger partial charge in [0.05, 0.1) is 112 Å². The zero-order valence-electron chi connectivity index (χ0n) is 42.9. The van der Waals surface area contributed by atoms with E-state index in [1.807, 2.05) is 48.5 Å². The fraction of sp³-hybridized carbons (Fsp3) is 0.585. The molecule has 0 spiro atoms. The second-order valence-corrected chi connectivity index (χ2v) is 17.3. The molecule has 406 valence electrons. The molecule has 73 heavy (non-hydrogen) atoms. The van der Waals surface area contributed by atoms with E-state index >= 15 is 0 Å². The zero-order valence-corrected chi connectivity index (χ0v) is 42.9. The number of carbonyl (C=O) groups excluding carboxylic acids is 4. The highest BCUT2D eigenvalue weighted by atomic mass is 16.6. The van der Waals surface area contributed by atoms with E-state index in [0.29, 0.717) is 143 Å². The van der Waals surface area contributed by atoms with Crippen LogP contribution in [-0.4, -0.2) is 174 Å². The molecule has 2 unspecified atom stereocenters. The molecule has 0 aliphatic heterocycles. The molecule has 4 rings (SSSR count). The maximum atomic E-state index is 13.8. The summed E-state index contributed by atoms with van der Waals surface area (Å²) in [6.45, 7) is 11.7. The van der Waals surface area contributed by atoms with Crippen molar-refractivity contribution in [1.82, 2.24) is 16.0 Å². The Kier molecular flexibility index (Phi) is 30.3. The second kappa shape index (κ2) is 36.6. The van der Waals surface area contributed by atoms with Gasteiger partial charge in [0.2, 0.25) is 11.8 Å². The van der Waals surface area contributed by atoms with E-state index < -0.39 is 36.0 Å². The number of urea groups is 1. The van der Waals surface area contributed by atoms with E-state index in [1.165, 1.54) is 0 Å². The molecule has 5 amide bonds. The number of primary amides is 1. The molecule has 0 aromatic heterocycles. The highest BCUT2D eigenvalue weighted by Crippen LogP contribution is 2.44. The van der Waals surface area contributed by atoms with Crippen LogP contribution in [-0.2, 0) is 70.0 Å². The normalized spacial score (nSPS) is 12.8. The summed E-state index contributed by atoms with van der Waals surface area (Å²) in [7, 11) is 1.63. The Morgan fingerprint density at radius 3 is 1.58 bits per heavy atom. The van der Waals surface area contributed by atoms with Crippen LogP contribution in [0.5, 0.6) is 0 Å². The Balaban J connectivity index is 1.10. The van der Waals surface area contributed by atoms with Gasteiger partial charge in [-0.05, 0) is 77.1 Å². The van der Waals surface area contributed by atoms with Gasteiger partial charge in [0.1, 0.15) is 18.7 Å². The first-order valence-electron chi connectivity index (χ1n) is 25.2. The van der Waals surface area contributed by atoms with Crippen LogP contribution in [0.4, 0.5) is 15.3 Å². The predicted octanol–water partition coefficient (Wildman–Crippen LogP) is 4.33. The molecule has 1 aliphatic carbocycles. The number of amides is 5. The highest BCUT2D eigenvalue weighted by molar-refractivity contribution is 5.98. The SMILES string of the molecule is COCCOCCOCCOCCOCCOCCOCCOCCOCCCc1cc(NC(=O)C(CCCNC(N)=O)NC(=O)C(NC(=O)OCC2c3ccccc3-c3ccccc32)C(C)C)ccc1CO. The van der Waals surface area contributed by atoms with E-state index in [2.05, 4.69) is 21.3 Å². The lowest BCUT2D eigenvalue weighted by Crippen LogP contribution is -2.54. The van der Waals surface area contributed by atoms with Crippen LogP contribution in [0.3, 0.4) is 0 Å². The van der Waals surface area contributed by atoms with E-state index in [4.69, 9.17) is 53.1 Å². The molecular formula is C53H79N5O15. The molecule has 0 fully saturated rings. The lowest BCUT2D eigenvalue weighted by atomic mass is 9.98. The van der Waals surface area contributed by atoms with E-state index in [0.717, 1.165) is 27.8 Å². The smallest absolute Gasteiger partial charge is 0.407 e. The summed E-state index contributed by atoms with van der Waals surface area (Å²) in [5.74, 6) is -1.60. The number of ether oxygens (including phenoxy) is 10. The number of benzene rings is 3. The lowest BCUT2D eigenvalue weighted by Gasteiger charge is -2.25. The van der Waals surface area contributed by atoms with Crippen molar-refractivity contribution in [2.45, 2.75) is 64.1 Å². The van der Waals surface area contributed by atoms with Gasteiger partial charge >= 0.3 is 12.1 Å². The number of nitrogens with two attached hydrogens (primary N) is 1. The number of methoxy groups -OCH3 is 1. The number of alkyl carbamates (subject to hydrolysis) is 1. The van der Waals surface area contributed by atoms with Crippen molar-refractivity contribution >= 4 is 29.6 Å². The molecule has 0 radical (unpaired) electrons. The van der Waals surface area contributed by atoms with Crippen molar-refractivity contribution in [3.05, 3.63) is 89.0 Å². The predicted molar refractivity (Wildman–Crippen MR) is 273 cm³/mol. The Morgan fingerprint density at radius 2 is 1.10 bits per heavy atom. The Labute approximate surface area is 429 Å². The minimum Gasteiger partial charge on any atom is -0.449 e. The summed E-state index contributed by atoms with van der Waals surface area (Å²) < 4.78 is 54.8. The monoisotopic (exact) mass is 1030 g/mol. The number of carbonyl (C=O) groups is 4. The molecule has 2 atom stereocenters. The summed E-state index contributed by atoms with van der Waals surface area (Å²) in [4.78, 5) is 52.3. The third-order valence-electron chi connectivity index (χ3n) is 11.6. The molecule has 20 heteroatoms. The van der Waals surface area contributed by atoms with Crippen LogP contribution in [0.2, 0.25) is 0 Å². The second-order valence-electron chi connectivity index (χ2n) is 17.3. The quantitative estimate of drug-likeness (QED) is 0.0433. The molecule has 1 aliphatic rings. The van der Waals surface area contributed by atoms with E-state index in [1.54, 1.807) is 39.2 Å². The Bertz CT molecular complexity index is 2000. The maximum absolute atomic E-state index is 13.8. The van der Waals surface area contributed by atoms with Crippen LogP contribution < -0.4 is 27.0 Å². The number of hydrogen-bond donors (Lipinski definition) is 6. The van der Waals surface area contributed by atoms with Crippen molar-refractivity contribution < 1.29 is 71.7 Å². The van der Waals surface area contributed by atoms with Gasteiger partial charge in [-0.3, -0.25) is 9.59 Å². The lowest BCUT2D eigenvalue weighted by molar-refractivity contribution is -0.128. The summed E-state index contributed by atoms with van der Waals surface area (Å²) in [6, 6.07) is 18.4. The zero-order chi connectivity index (χ0) is 52.3. The van der Waals surface area contributed by atoms with Crippen LogP contribution >= 0.6 is 0 Å². The number of aliphatic hydroxyl groups excluding tert-OH is 1. The van der Waals surface area contributed by atoms with Crippen molar-refractivity contribution in [1.29, 1.82) is 0 Å².